The Balaban J connectivity index is 2.55. The number of nitrogens with two attached hydrogens (primary N) is 1. The summed E-state index contributed by atoms with van der Waals surface area (Å²) >= 11 is 0. The zero-order valence-electron chi connectivity index (χ0n) is 15.4. The van der Waals surface area contributed by atoms with Gasteiger partial charge in [0.1, 0.15) is 18.2 Å². The van der Waals surface area contributed by atoms with Crippen LogP contribution in [0.25, 0.3) is 0 Å². The maximum absolute atomic E-state index is 12.3. The number of ether oxygens (including phenoxy) is 1. The summed E-state index contributed by atoms with van der Waals surface area (Å²) in [5.74, 6) is -2.33. The van der Waals surface area contributed by atoms with Crippen molar-refractivity contribution >= 4 is 17.8 Å². The summed E-state index contributed by atoms with van der Waals surface area (Å²) in [4.78, 5) is 35.1. The summed E-state index contributed by atoms with van der Waals surface area (Å²) in [5.41, 5.74) is 6.18. The van der Waals surface area contributed by atoms with Crippen LogP contribution in [0, 0.1) is 0 Å². The zero-order chi connectivity index (χ0) is 20.4. The molecule has 0 saturated carbocycles. The van der Waals surface area contributed by atoms with Gasteiger partial charge in [-0.2, -0.15) is 0 Å². The number of aliphatic hydroxyl groups is 1. The Kier molecular flexibility index (Phi) is 9.41. The van der Waals surface area contributed by atoms with Gasteiger partial charge in [0.25, 0.3) is 0 Å². The molecule has 0 bridgehead atoms. The predicted octanol–water partition coefficient (Wildman–Crippen LogP) is -0.972. The van der Waals surface area contributed by atoms with Crippen LogP contribution in [0.1, 0.15) is 19.4 Å². The largest absolute Gasteiger partial charge is 0.480 e. The molecule has 27 heavy (non-hydrogen) atoms. The van der Waals surface area contributed by atoms with Crippen LogP contribution in [0.5, 0.6) is 0 Å². The first kappa shape index (κ1) is 22.6. The van der Waals surface area contributed by atoms with E-state index in [0.29, 0.717) is 0 Å². The molecule has 0 unspecified atom stereocenters. The lowest BCUT2D eigenvalue weighted by Gasteiger charge is -2.22. The average Bonchev–Trinajstić information content (AvgIpc) is 2.64. The maximum Gasteiger partial charge on any atom is 0.326 e. The van der Waals surface area contributed by atoms with Gasteiger partial charge in [0.15, 0.2) is 0 Å². The Morgan fingerprint density at radius 1 is 1.19 bits per heavy atom. The number of esters is 1. The third kappa shape index (κ3) is 8.16. The van der Waals surface area contributed by atoms with Gasteiger partial charge in [-0.3, -0.25) is 9.59 Å². The fourth-order valence-electron chi connectivity index (χ4n) is 2.16. The van der Waals surface area contributed by atoms with Crippen LogP contribution in [0.2, 0.25) is 0 Å². The molecule has 0 aromatic heterocycles. The van der Waals surface area contributed by atoms with E-state index in [4.69, 9.17) is 10.5 Å². The van der Waals surface area contributed by atoms with E-state index in [0.717, 1.165) is 5.56 Å². The van der Waals surface area contributed by atoms with Gasteiger partial charge in [0.05, 0.1) is 12.6 Å². The number of carboxylic acids is 1. The fourth-order valence-corrected chi connectivity index (χ4v) is 2.16. The molecule has 0 aliphatic heterocycles. The van der Waals surface area contributed by atoms with Crippen molar-refractivity contribution < 1.29 is 29.3 Å². The predicted molar refractivity (Wildman–Crippen MR) is 97.8 cm³/mol. The number of hydrogen-bond acceptors (Lipinski definition) is 7. The SMILES string of the molecule is C[C@H](N)C(=O)O[C@@H](CO)CN[C@@H](C)C(=O)N[C@@H](Cc1ccccc1)C(=O)O. The van der Waals surface area contributed by atoms with Crippen LogP contribution in [-0.2, 0) is 25.5 Å². The van der Waals surface area contributed by atoms with Gasteiger partial charge in [0, 0.05) is 13.0 Å². The van der Waals surface area contributed by atoms with Crippen LogP contribution in [0.3, 0.4) is 0 Å². The second-order valence-electron chi connectivity index (χ2n) is 6.25. The summed E-state index contributed by atoms with van der Waals surface area (Å²) in [6.07, 6.45) is -0.710. The minimum Gasteiger partial charge on any atom is -0.480 e. The van der Waals surface area contributed by atoms with Crippen molar-refractivity contribution in [2.45, 2.75) is 44.5 Å². The molecule has 1 rings (SSSR count). The summed E-state index contributed by atoms with van der Waals surface area (Å²) in [7, 11) is 0. The number of hydrogen-bond donors (Lipinski definition) is 5. The minimum absolute atomic E-state index is 0.0139. The van der Waals surface area contributed by atoms with Crippen molar-refractivity contribution in [1.82, 2.24) is 10.6 Å². The molecule has 0 radical (unpaired) electrons. The molecular formula is C18H27N3O6. The van der Waals surface area contributed by atoms with E-state index in [1.54, 1.807) is 31.2 Å². The highest BCUT2D eigenvalue weighted by Crippen LogP contribution is 2.04. The molecule has 4 atom stereocenters. The third-order valence-electron chi connectivity index (χ3n) is 3.80. The Morgan fingerprint density at radius 3 is 2.33 bits per heavy atom. The molecule has 1 aromatic rings. The van der Waals surface area contributed by atoms with Crippen molar-refractivity contribution in [3.63, 3.8) is 0 Å². The van der Waals surface area contributed by atoms with Crippen molar-refractivity contribution in [2.24, 2.45) is 5.73 Å². The van der Waals surface area contributed by atoms with E-state index in [-0.39, 0.29) is 13.0 Å². The van der Waals surface area contributed by atoms with Crippen LogP contribution in [-0.4, -0.2) is 65.4 Å². The lowest BCUT2D eigenvalue weighted by atomic mass is 10.1. The van der Waals surface area contributed by atoms with Crippen LogP contribution in [0.4, 0.5) is 0 Å². The monoisotopic (exact) mass is 381 g/mol. The van der Waals surface area contributed by atoms with Gasteiger partial charge in [-0.15, -0.1) is 0 Å². The van der Waals surface area contributed by atoms with Crippen LogP contribution < -0.4 is 16.4 Å². The molecule has 150 valence electrons. The highest BCUT2D eigenvalue weighted by atomic mass is 16.6. The van der Waals surface area contributed by atoms with Crippen LogP contribution in [0.15, 0.2) is 30.3 Å². The number of aliphatic carboxylic acids is 1. The zero-order valence-corrected chi connectivity index (χ0v) is 15.4. The second-order valence-corrected chi connectivity index (χ2v) is 6.25. The summed E-state index contributed by atoms with van der Waals surface area (Å²) in [6.45, 7) is 2.57. The minimum atomic E-state index is -1.14. The number of benzene rings is 1. The number of carbonyl (C=O) groups is 3. The van der Waals surface area contributed by atoms with Gasteiger partial charge in [-0.1, -0.05) is 30.3 Å². The number of nitrogens with one attached hydrogen (secondary N) is 2. The normalized spacial score (nSPS) is 15.3. The Hall–Kier alpha value is -2.49. The molecule has 0 aliphatic carbocycles. The average molecular weight is 381 g/mol. The lowest BCUT2D eigenvalue weighted by Crippen LogP contribution is -2.51. The number of carboxylic acid groups (broad SMARTS) is 1. The molecule has 0 saturated heterocycles. The summed E-state index contributed by atoms with van der Waals surface area (Å²) in [5, 5.41) is 23.9. The van der Waals surface area contributed by atoms with E-state index in [1.165, 1.54) is 6.92 Å². The molecule has 1 aromatic carbocycles. The smallest absolute Gasteiger partial charge is 0.326 e. The summed E-state index contributed by atoms with van der Waals surface area (Å²) < 4.78 is 4.99. The van der Waals surface area contributed by atoms with E-state index in [9.17, 15) is 24.6 Å². The van der Waals surface area contributed by atoms with Gasteiger partial charge in [-0.25, -0.2) is 4.79 Å². The van der Waals surface area contributed by atoms with E-state index in [1.807, 2.05) is 6.07 Å². The number of amides is 1. The Morgan fingerprint density at radius 2 is 1.81 bits per heavy atom. The molecule has 0 aliphatic rings. The molecule has 6 N–H and O–H groups in total. The van der Waals surface area contributed by atoms with Crippen molar-refractivity contribution in [3.8, 4) is 0 Å². The van der Waals surface area contributed by atoms with Gasteiger partial charge >= 0.3 is 11.9 Å². The fraction of sp³-hybridized carbons (Fsp3) is 0.500. The van der Waals surface area contributed by atoms with E-state index >= 15 is 0 Å². The maximum atomic E-state index is 12.3. The standard InChI is InChI=1S/C18H27N3O6/c1-11(19)18(26)27-14(10-22)9-20-12(2)16(23)21-15(17(24)25)8-13-6-4-3-5-7-13/h3-7,11-12,14-15,20,22H,8-10,19H2,1-2H3,(H,21,23)(H,24,25)/t11-,12-,14+,15-/m0/s1. The van der Waals surface area contributed by atoms with Gasteiger partial charge in [-0.05, 0) is 19.4 Å². The number of rotatable bonds is 11. The molecule has 1 amide bonds. The van der Waals surface area contributed by atoms with Crippen molar-refractivity contribution in [2.75, 3.05) is 13.2 Å². The van der Waals surface area contributed by atoms with Crippen LogP contribution >= 0.6 is 0 Å². The summed E-state index contributed by atoms with van der Waals surface area (Å²) in [6, 6.07) is 6.30. The van der Waals surface area contributed by atoms with Gasteiger partial charge in [0.2, 0.25) is 5.91 Å². The molecular weight excluding hydrogens is 354 g/mol. The van der Waals surface area contributed by atoms with Crippen molar-refractivity contribution in [1.29, 1.82) is 0 Å². The molecule has 9 nitrogen and oxygen atoms in total. The lowest BCUT2D eigenvalue weighted by molar-refractivity contribution is -0.152. The second kappa shape index (κ2) is 11.3. The van der Waals surface area contributed by atoms with E-state index in [2.05, 4.69) is 10.6 Å². The van der Waals surface area contributed by atoms with Crippen molar-refractivity contribution in [3.05, 3.63) is 35.9 Å². The third-order valence-corrected chi connectivity index (χ3v) is 3.80. The number of carbonyl (C=O) groups excluding carboxylic acids is 2. The molecule has 0 spiro atoms. The number of aliphatic hydroxyl groups excluding tert-OH is 1. The molecule has 0 heterocycles. The highest BCUT2D eigenvalue weighted by molar-refractivity contribution is 5.86. The van der Waals surface area contributed by atoms with Gasteiger partial charge < -0.3 is 31.3 Å². The topological polar surface area (TPSA) is 151 Å². The Bertz CT molecular complexity index is 623. The van der Waals surface area contributed by atoms with E-state index < -0.39 is 48.7 Å². The highest BCUT2D eigenvalue weighted by Gasteiger charge is 2.24. The first-order valence-electron chi connectivity index (χ1n) is 8.62. The quantitative estimate of drug-likeness (QED) is 0.307. The first-order valence-corrected chi connectivity index (χ1v) is 8.62. The first-order chi connectivity index (χ1) is 12.7. The molecule has 9 heteroatoms. The molecule has 0 fully saturated rings. The Labute approximate surface area is 157 Å².